The van der Waals surface area contributed by atoms with E-state index in [9.17, 15) is 27.6 Å². The van der Waals surface area contributed by atoms with Crippen LogP contribution >= 0.6 is 0 Å². The Morgan fingerprint density at radius 3 is 2.10 bits per heavy atom. The number of carbonyl (C=O) groups excluding carboxylic acids is 3. The Morgan fingerprint density at radius 2 is 1.58 bits per heavy atom. The highest BCUT2D eigenvalue weighted by atomic mass is 19.4. The molecule has 0 saturated carbocycles. The summed E-state index contributed by atoms with van der Waals surface area (Å²) in [6.07, 6.45) is -4.26. The van der Waals surface area contributed by atoms with Crippen molar-refractivity contribution in [3.8, 4) is 0 Å². The van der Waals surface area contributed by atoms with Crippen LogP contribution in [-0.4, -0.2) is 30.8 Å². The molecule has 9 heteroatoms. The van der Waals surface area contributed by atoms with Crippen molar-refractivity contribution < 1.29 is 27.6 Å². The van der Waals surface area contributed by atoms with Crippen LogP contribution in [0.15, 0.2) is 42.5 Å². The van der Waals surface area contributed by atoms with Gasteiger partial charge in [-0.05, 0) is 56.3 Å². The van der Waals surface area contributed by atoms with Gasteiger partial charge in [0.15, 0.2) is 0 Å². The Labute approximate surface area is 177 Å². The first kappa shape index (κ1) is 22.3. The van der Waals surface area contributed by atoms with Crippen LogP contribution in [-0.2, 0) is 15.8 Å². The molecule has 2 aromatic carbocycles. The van der Waals surface area contributed by atoms with Crippen molar-refractivity contribution in [1.29, 1.82) is 0 Å². The number of carbonyl (C=O) groups is 3. The highest BCUT2D eigenvalue weighted by Crippen LogP contribution is 2.35. The number of alkyl halides is 3. The van der Waals surface area contributed by atoms with Crippen LogP contribution in [0, 0.1) is 0 Å². The SMILES string of the molecule is CCN(CC)c1ccc(C(F)(F)F)cc1NC(=O)c1ccc(N2C(=O)CCC2=O)cc1. The fourth-order valence-corrected chi connectivity index (χ4v) is 3.47. The van der Waals surface area contributed by atoms with E-state index in [4.69, 9.17) is 0 Å². The number of hydrogen-bond donors (Lipinski definition) is 1. The Hall–Kier alpha value is -3.36. The molecule has 0 spiro atoms. The maximum Gasteiger partial charge on any atom is 0.416 e. The zero-order valence-electron chi connectivity index (χ0n) is 17.1. The highest BCUT2D eigenvalue weighted by molar-refractivity contribution is 6.20. The molecule has 0 unspecified atom stereocenters. The molecule has 1 N–H and O–H groups in total. The average Bonchev–Trinajstić information content (AvgIpc) is 3.07. The minimum atomic E-state index is -4.54. The van der Waals surface area contributed by atoms with Crippen LogP contribution < -0.4 is 15.1 Å². The van der Waals surface area contributed by atoms with Crippen molar-refractivity contribution >= 4 is 34.8 Å². The molecule has 31 heavy (non-hydrogen) atoms. The monoisotopic (exact) mass is 433 g/mol. The number of anilines is 3. The lowest BCUT2D eigenvalue weighted by atomic mass is 10.1. The van der Waals surface area contributed by atoms with Crippen molar-refractivity contribution in [2.24, 2.45) is 0 Å². The topological polar surface area (TPSA) is 69.7 Å². The van der Waals surface area contributed by atoms with Crippen molar-refractivity contribution in [2.75, 3.05) is 28.2 Å². The van der Waals surface area contributed by atoms with Gasteiger partial charge >= 0.3 is 6.18 Å². The average molecular weight is 433 g/mol. The molecule has 164 valence electrons. The van der Waals surface area contributed by atoms with Crippen LogP contribution in [0.4, 0.5) is 30.2 Å². The molecule has 3 amide bonds. The van der Waals surface area contributed by atoms with Gasteiger partial charge in [0.05, 0.1) is 22.6 Å². The lowest BCUT2D eigenvalue weighted by Crippen LogP contribution is -2.28. The number of hydrogen-bond acceptors (Lipinski definition) is 4. The van der Waals surface area contributed by atoms with Crippen LogP contribution in [0.5, 0.6) is 0 Å². The molecule has 1 heterocycles. The lowest BCUT2D eigenvalue weighted by molar-refractivity contribution is -0.137. The molecule has 1 aliphatic rings. The summed E-state index contributed by atoms with van der Waals surface area (Å²) in [7, 11) is 0. The molecule has 0 atom stereocenters. The van der Waals surface area contributed by atoms with Crippen molar-refractivity contribution in [1.82, 2.24) is 0 Å². The maximum absolute atomic E-state index is 13.2. The first-order chi connectivity index (χ1) is 14.7. The molecular formula is C22H22F3N3O3. The number of benzene rings is 2. The largest absolute Gasteiger partial charge is 0.416 e. The van der Waals surface area contributed by atoms with E-state index in [1.165, 1.54) is 30.3 Å². The summed E-state index contributed by atoms with van der Waals surface area (Å²) in [4.78, 5) is 39.3. The molecule has 6 nitrogen and oxygen atoms in total. The minimum Gasteiger partial charge on any atom is -0.370 e. The number of nitrogens with one attached hydrogen (secondary N) is 1. The predicted octanol–water partition coefficient (Wildman–Crippen LogP) is 4.46. The molecule has 3 rings (SSSR count). The minimum absolute atomic E-state index is 0.0532. The van der Waals surface area contributed by atoms with Crippen LogP contribution in [0.1, 0.15) is 42.6 Å². The number of amides is 3. The Morgan fingerprint density at radius 1 is 1.00 bits per heavy atom. The summed E-state index contributed by atoms with van der Waals surface area (Å²) in [5, 5.41) is 2.57. The third-order valence-corrected chi connectivity index (χ3v) is 5.12. The quantitative estimate of drug-likeness (QED) is 0.683. The molecule has 0 aliphatic carbocycles. The summed E-state index contributed by atoms with van der Waals surface area (Å²) >= 11 is 0. The van der Waals surface area contributed by atoms with Crippen molar-refractivity contribution in [2.45, 2.75) is 32.9 Å². The molecular weight excluding hydrogens is 411 g/mol. The molecule has 0 aromatic heterocycles. The smallest absolute Gasteiger partial charge is 0.370 e. The summed E-state index contributed by atoms with van der Waals surface area (Å²) in [5.74, 6) is -1.22. The third kappa shape index (κ3) is 4.70. The second-order valence-corrected chi connectivity index (χ2v) is 7.03. The van der Waals surface area contributed by atoms with E-state index in [0.29, 0.717) is 24.5 Å². The number of rotatable bonds is 6. The highest BCUT2D eigenvalue weighted by Gasteiger charge is 2.32. The van der Waals surface area contributed by atoms with Gasteiger partial charge in [-0.25, -0.2) is 0 Å². The van der Waals surface area contributed by atoms with E-state index >= 15 is 0 Å². The van der Waals surface area contributed by atoms with Gasteiger partial charge in [0, 0.05) is 31.5 Å². The van der Waals surface area contributed by atoms with Gasteiger partial charge in [0.1, 0.15) is 0 Å². The molecule has 1 aliphatic heterocycles. The Bertz CT molecular complexity index is 983. The van der Waals surface area contributed by atoms with Gasteiger partial charge in [-0.2, -0.15) is 13.2 Å². The van der Waals surface area contributed by atoms with Crippen molar-refractivity contribution in [3.05, 3.63) is 53.6 Å². The molecule has 1 fully saturated rings. The number of halogens is 3. The first-order valence-corrected chi connectivity index (χ1v) is 9.89. The fraction of sp³-hybridized carbons (Fsp3) is 0.318. The first-order valence-electron chi connectivity index (χ1n) is 9.89. The maximum atomic E-state index is 13.2. The van der Waals surface area contributed by atoms with Crippen molar-refractivity contribution in [3.63, 3.8) is 0 Å². The van der Waals surface area contributed by atoms with E-state index in [1.54, 1.807) is 0 Å². The standard InChI is InChI=1S/C22H22F3N3O3/c1-3-27(4-2)18-10-7-15(22(23,24)25)13-17(18)26-21(31)14-5-8-16(9-6-14)28-19(29)11-12-20(28)30/h5-10,13H,3-4,11-12H2,1-2H3,(H,26,31). The van der Waals surface area contributed by atoms with Gasteiger partial charge in [-0.1, -0.05) is 0 Å². The van der Waals surface area contributed by atoms with Crippen LogP contribution in [0.2, 0.25) is 0 Å². The zero-order valence-corrected chi connectivity index (χ0v) is 17.1. The van der Waals surface area contributed by atoms with Gasteiger partial charge in [0.2, 0.25) is 11.8 Å². The van der Waals surface area contributed by atoms with Gasteiger partial charge in [-0.3, -0.25) is 19.3 Å². The van der Waals surface area contributed by atoms with Crippen LogP contribution in [0.3, 0.4) is 0 Å². The molecule has 0 bridgehead atoms. The number of imide groups is 1. The molecule has 0 radical (unpaired) electrons. The van der Waals surface area contributed by atoms with Gasteiger partial charge in [-0.15, -0.1) is 0 Å². The molecule has 1 saturated heterocycles. The summed E-state index contributed by atoms with van der Waals surface area (Å²) < 4.78 is 39.6. The normalized spacial score (nSPS) is 14.2. The third-order valence-electron chi connectivity index (χ3n) is 5.12. The van der Waals surface area contributed by atoms with E-state index in [0.717, 1.165) is 17.0 Å². The molecule has 2 aromatic rings. The summed E-state index contributed by atoms with van der Waals surface area (Å²) in [6, 6.07) is 9.03. The second kappa shape index (κ2) is 8.79. The number of nitrogens with zero attached hydrogens (tertiary/aromatic N) is 2. The second-order valence-electron chi connectivity index (χ2n) is 7.03. The Kier molecular flexibility index (Phi) is 6.33. The van der Waals surface area contributed by atoms with Crippen LogP contribution in [0.25, 0.3) is 0 Å². The van der Waals surface area contributed by atoms with E-state index in [2.05, 4.69) is 5.32 Å². The van der Waals surface area contributed by atoms with E-state index < -0.39 is 17.6 Å². The zero-order chi connectivity index (χ0) is 22.8. The Balaban J connectivity index is 1.88. The van der Waals surface area contributed by atoms with Gasteiger partial charge < -0.3 is 10.2 Å². The van der Waals surface area contributed by atoms with E-state index in [-0.39, 0.29) is 35.9 Å². The van der Waals surface area contributed by atoms with E-state index in [1.807, 2.05) is 18.7 Å². The summed E-state index contributed by atoms with van der Waals surface area (Å²) in [6.45, 7) is 4.84. The lowest BCUT2D eigenvalue weighted by Gasteiger charge is -2.25. The summed E-state index contributed by atoms with van der Waals surface area (Å²) in [5.41, 5.74) is 0.214. The predicted molar refractivity (Wildman–Crippen MR) is 111 cm³/mol. The fourth-order valence-electron chi connectivity index (χ4n) is 3.47. The van der Waals surface area contributed by atoms with Gasteiger partial charge in [0.25, 0.3) is 5.91 Å².